The molecule has 1 N–H and O–H groups in total. The van der Waals surface area contributed by atoms with Gasteiger partial charge < -0.3 is 15.0 Å². The summed E-state index contributed by atoms with van der Waals surface area (Å²) in [6.45, 7) is 6.60. The van der Waals surface area contributed by atoms with Crippen LogP contribution >= 0.6 is 0 Å². The maximum absolute atomic E-state index is 13.4. The Balaban J connectivity index is 1.90. The molecule has 0 bridgehead atoms. The van der Waals surface area contributed by atoms with Crippen molar-refractivity contribution >= 4 is 29.0 Å². The molecule has 0 saturated carbocycles. The lowest BCUT2D eigenvalue weighted by Gasteiger charge is -2.21. The normalized spacial score (nSPS) is 13.8. The molecule has 174 valence electrons. The Morgan fingerprint density at radius 2 is 1.70 bits per heavy atom. The van der Waals surface area contributed by atoms with Gasteiger partial charge in [-0.25, -0.2) is 0 Å². The van der Waals surface area contributed by atoms with E-state index in [4.69, 9.17) is 4.74 Å². The molecule has 1 heterocycles. The van der Waals surface area contributed by atoms with E-state index in [1.165, 1.54) is 11.8 Å². The van der Waals surface area contributed by atoms with Gasteiger partial charge >= 0.3 is 0 Å². The summed E-state index contributed by atoms with van der Waals surface area (Å²) in [6.07, 6.45) is 0.665. The van der Waals surface area contributed by atoms with Crippen LogP contribution < -0.4 is 5.32 Å². The number of carbonyl (C=O) groups excluding carboxylic acids is 3. The first-order chi connectivity index (χ1) is 15.8. The smallest absolute Gasteiger partial charge is 0.277 e. The quantitative estimate of drug-likeness (QED) is 0.442. The number of anilines is 1. The number of carbonyl (C=O) groups is 3. The van der Waals surface area contributed by atoms with Crippen LogP contribution in [0, 0.1) is 0 Å². The highest BCUT2D eigenvalue weighted by Gasteiger charge is 2.40. The van der Waals surface area contributed by atoms with Crippen molar-refractivity contribution in [2.45, 2.75) is 39.8 Å². The van der Waals surface area contributed by atoms with Gasteiger partial charge in [0.25, 0.3) is 11.8 Å². The van der Waals surface area contributed by atoms with Crippen LogP contribution in [0.1, 0.15) is 38.3 Å². The molecular weight excluding hydrogens is 418 g/mol. The number of likely N-dealkylation sites (N-methyl/N-ethyl adjacent to an activating group) is 1. The van der Waals surface area contributed by atoms with E-state index in [9.17, 15) is 14.4 Å². The molecule has 3 rings (SSSR count). The van der Waals surface area contributed by atoms with Gasteiger partial charge in [-0.1, -0.05) is 42.5 Å². The van der Waals surface area contributed by atoms with Gasteiger partial charge in [0.2, 0.25) is 5.91 Å². The number of hydrogen-bond acceptors (Lipinski definition) is 5. The Labute approximate surface area is 195 Å². The van der Waals surface area contributed by atoms with Gasteiger partial charge in [0.1, 0.15) is 5.70 Å². The first kappa shape index (κ1) is 24.2. The van der Waals surface area contributed by atoms with Crippen molar-refractivity contribution in [3.8, 4) is 0 Å². The number of benzene rings is 2. The second-order valence-corrected chi connectivity index (χ2v) is 8.36. The molecule has 7 nitrogen and oxygen atoms in total. The molecule has 0 aliphatic carbocycles. The van der Waals surface area contributed by atoms with E-state index in [2.05, 4.69) is 5.32 Å². The maximum Gasteiger partial charge on any atom is 0.277 e. The summed E-state index contributed by atoms with van der Waals surface area (Å²) in [4.78, 5) is 41.2. The molecule has 0 fully saturated rings. The van der Waals surface area contributed by atoms with Gasteiger partial charge in [-0.05, 0) is 43.5 Å². The predicted molar refractivity (Wildman–Crippen MR) is 128 cm³/mol. The monoisotopic (exact) mass is 449 g/mol. The number of nitrogens with zero attached hydrogens (tertiary/aromatic N) is 2. The number of nitrogens with one attached hydrogen (secondary N) is 1. The van der Waals surface area contributed by atoms with Crippen LogP contribution in [0.25, 0.3) is 5.57 Å². The molecule has 0 saturated heterocycles. The second kappa shape index (κ2) is 10.9. The highest BCUT2D eigenvalue weighted by molar-refractivity contribution is 6.35. The average Bonchev–Trinajstić information content (AvgIpc) is 3.02. The largest absolute Gasteiger partial charge is 0.379 e. The number of rotatable bonds is 10. The van der Waals surface area contributed by atoms with Crippen LogP contribution in [0.5, 0.6) is 0 Å². The van der Waals surface area contributed by atoms with Gasteiger partial charge in [-0.15, -0.1) is 0 Å². The summed E-state index contributed by atoms with van der Waals surface area (Å²) < 4.78 is 5.57. The van der Waals surface area contributed by atoms with Crippen LogP contribution in [-0.4, -0.2) is 53.8 Å². The summed E-state index contributed by atoms with van der Waals surface area (Å²) >= 11 is 0. The minimum Gasteiger partial charge on any atom is -0.379 e. The van der Waals surface area contributed by atoms with Gasteiger partial charge in [0.05, 0.1) is 11.7 Å². The molecule has 33 heavy (non-hydrogen) atoms. The lowest BCUT2D eigenvalue weighted by Crippen LogP contribution is -2.35. The number of amides is 3. The Hall–Kier alpha value is -3.45. The van der Waals surface area contributed by atoms with E-state index in [0.717, 1.165) is 5.56 Å². The van der Waals surface area contributed by atoms with Gasteiger partial charge in [0, 0.05) is 39.4 Å². The first-order valence-electron chi connectivity index (χ1n) is 11.1. The molecule has 0 radical (unpaired) electrons. The van der Waals surface area contributed by atoms with E-state index < -0.39 is 0 Å². The minimum absolute atomic E-state index is 0.0957. The number of ether oxygens (including phenoxy) is 1. The highest BCUT2D eigenvalue weighted by atomic mass is 16.5. The molecule has 0 atom stereocenters. The van der Waals surface area contributed by atoms with Crippen molar-refractivity contribution in [1.29, 1.82) is 0 Å². The highest BCUT2D eigenvalue weighted by Crippen LogP contribution is 2.32. The fraction of sp³-hybridized carbons (Fsp3) is 0.346. The fourth-order valence-electron chi connectivity index (χ4n) is 3.78. The van der Waals surface area contributed by atoms with Crippen molar-refractivity contribution < 1.29 is 19.1 Å². The average molecular weight is 450 g/mol. The van der Waals surface area contributed by atoms with Gasteiger partial charge in [-0.3, -0.25) is 19.3 Å². The molecule has 0 spiro atoms. The lowest BCUT2D eigenvalue weighted by atomic mass is 10.0. The van der Waals surface area contributed by atoms with Crippen LogP contribution in [0.4, 0.5) is 5.69 Å². The zero-order valence-electron chi connectivity index (χ0n) is 19.6. The molecule has 0 aromatic heterocycles. The van der Waals surface area contributed by atoms with E-state index in [-0.39, 0.29) is 23.8 Å². The standard InChI is InChI=1S/C26H31N3O4/c1-18(2)33-16-8-15-29-25(31)23(21-11-13-22(14-12-21)27-19(3)30)24(26(29)32)28(4)17-20-9-6-5-7-10-20/h5-7,9-14,18H,8,15-17H2,1-4H3,(H,27,30). The van der Waals surface area contributed by atoms with Crippen molar-refractivity contribution in [2.75, 3.05) is 25.5 Å². The van der Waals surface area contributed by atoms with Crippen molar-refractivity contribution in [3.63, 3.8) is 0 Å². The van der Waals surface area contributed by atoms with E-state index in [1.807, 2.05) is 56.1 Å². The molecule has 2 aromatic carbocycles. The zero-order chi connectivity index (χ0) is 24.0. The van der Waals surface area contributed by atoms with E-state index in [1.54, 1.807) is 24.3 Å². The summed E-state index contributed by atoms with van der Waals surface area (Å²) in [5.74, 6) is -0.789. The van der Waals surface area contributed by atoms with Gasteiger partial charge in [0.15, 0.2) is 0 Å². The maximum atomic E-state index is 13.4. The molecule has 7 heteroatoms. The van der Waals surface area contributed by atoms with Crippen LogP contribution in [0.2, 0.25) is 0 Å². The van der Waals surface area contributed by atoms with E-state index >= 15 is 0 Å². The summed E-state index contributed by atoms with van der Waals surface area (Å²) in [7, 11) is 1.82. The summed E-state index contributed by atoms with van der Waals surface area (Å²) in [5.41, 5.74) is 3.05. The third-order valence-corrected chi connectivity index (χ3v) is 5.26. The summed E-state index contributed by atoms with van der Waals surface area (Å²) in [5, 5.41) is 2.72. The molecule has 3 amide bonds. The van der Waals surface area contributed by atoms with Gasteiger partial charge in [-0.2, -0.15) is 0 Å². The van der Waals surface area contributed by atoms with Crippen LogP contribution in [0.3, 0.4) is 0 Å². The molecule has 1 aliphatic rings. The van der Waals surface area contributed by atoms with Crippen molar-refractivity contribution in [3.05, 3.63) is 71.4 Å². The Morgan fingerprint density at radius 1 is 1.03 bits per heavy atom. The molecular formula is C26H31N3O4. The lowest BCUT2D eigenvalue weighted by molar-refractivity contribution is -0.137. The third-order valence-electron chi connectivity index (χ3n) is 5.26. The Kier molecular flexibility index (Phi) is 8.01. The van der Waals surface area contributed by atoms with Crippen molar-refractivity contribution in [1.82, 2.24) is 9.80 Å². The fourth-order valence-corrected chi connectivity index (χ4v) is 3.78. The molecule has 1 aliphatic heterocycles. The van der Waals surface area contributed by atoms with Crippen LogP contribution in [0.15, 0.2) is 60.3 Å². The second-order valence-electron chi connectivity index (χ2n) is 8.36. The third kappa shape index (κ3) is 6.08. The SMILES string of the molecule is CC(=O)Nc1ccc(C2=C(N(C)Cc3ccccc3)C(=O)N(CCCOC(C)C)C2=O)cc1. The van der Waals surface area contributed by atoms with Crippen molar-refractivity contribution in [2.24, 2.45) is 0 Å². The zero-order valence-corrected chi connectivity index (χ0v) is 19.6. The predicted octanol–water partition coefficient (Wildman–Crippen LogP) is 3.67. The summed E-state index contributed by atoms with van der Waals surface area (Å²) in [6, 6.07) is 16.8. The van der Waals surface area contributed by atoms with Crippen LogP contribution in [-0.2, 0) is 25.7 Å². The topological polar surface area (TPSA) is 79.0 Å². The Bertz CT molecular complexity index is 1030. The minimum atomic E-state index is -0.313. The Morgan fingerprint density at radius 3 is 2.30 bits per heavy atom. The molecule has 0 unspecified atom stereocenters. The number of imide groups is 1. The first-order valence-corrected chi connectivity index (χ1v) is 11.1. The molecule has 2 aromatic rings. The van der Waals surface area contributed by atoms with E-state index in [0.29, 0.717) is 48.6 Å². The number of hydrogen-bond donors (Lipinski definition) is 1.